The van der Waals surface area contributed by atoms with Crippen molar-refractivity contribution < 1.29 is 9.90 Å². The largest absolute Gasteiger partial charge is 0.388 e. The molecule has 0 aliphatic heterocycles. The van der Waals surface area contributed by atoms with Crippen molar-refractivity contribution in [1.82, 2.24) is 10.6 Å². The van der Waals surface area contributed by atoms with Gasteiger partial charge in [-0.1, -0.05) is 12.8 Å². The zero-order valence-electron chi connectivity index (χ0n) is 9.09. The van der Waals surface area contributed by atoms with Gasteiger partial charge in [0.25, 0.3) is 0 Å². The van der Waals surface area contributed by atoms with Crippen LogP contribution >= 0.6 is 0 Å². The van der Waals surface area contributed by atoms with Crippen LogP contribution in [-0.2, 0) is 0 Å². The first-order valence-corrected chi connectivity index (χ1v) is 5.95. The number of rotatable bonds is 3. The molecule has 0 atom stereocenters. The van der Waals surface area contributed by atoms with E-state index in [9.17, 15) is 9.90 Å². The van der Waals surface area contributed by atoms with E-state index in [0.29, 0.717) is 12.6 Å². The van der Waals surface area contributed by atoms with Crippen LogP contribution in [0.15, 0.2) is 0 Å². The fourth-order valence-electron chi connectivity index (χ4n) is 2.24. The van der Waals surface area contributed by atoms with Crippen molar-refractivity contribution in [2.45, 2.75) is 56.6 Å². The Morgan fingerprint density at radius 2 is 1.93 bits per heavy atom. The summed E-state index contributed by atoms with van der Waals surface area (Å²) in [6, 6.07) is 0.239. The van der Waals surface area contributed by atoms with Gasteiger partial charge in [-0.2, -0.15) is 0 Å². The Bertz CT molecular complexity index is 233. The molecule has 15 heavy (non-hydrogen) atoms. The number of nitrogens with one attached hydrogen (secondary N) is 2. The average Bonchev–Trinajstić information content (AvgIpc) is 2.57. The monoisotopic (exact) mass is 212 g/mol. The molecular weight excluding hydrogens is 192 g/mol. The van der Waals surface area contributed by atoms with Gasteiger partial charge in [0.2, 0.25) is 0 Å². The molecule has 0 bridgehead atoms. The van der Waals surface area contributed by atoms with E-state index in [1.54, 1.807) is 0 Å². The molecule has 0 saturated heterocycles. The van der Waals surface area contributed by atoms with Gasteiger partial charge in [-0.15, -0.1) is 0 Å². The molecule has 2 fully saturated rings. The molecule has 2 amide bonds. The second-order valence-corrected chi connectivity index (χ2v) is 4.89. The smallest absolute Gasteiger partial charge is 0.315 e. The summed E-state index contributed by atoms with van der Waals surface area (Å²) in [5.41, 5.74) is -0.642. The minimum absolute atomic E-state index is 0.125. The van der Waals surface area contributed by atoms with Gasteiger partial charge in [0.1, 0.15) is 0 Å². The highest BCUT2D eigenvalue weighted by Gasteiger charge is 2.31. The van der Waals surface area contributed by atoms with Gasteiger partial charge < -0.3 is 15.7 Å². The molecule has 2 aliphatic rings. The third kappa shape index (κ3) is 2.84. The van der Waals surface area contributed by atoms with E-state index >= 15 is 0 Å². The Morgan fingerprint density at radius 1 is 1.27 bits per heavy atom. The predicted octanol–water partition coefficient (Wildman–Crippen LogP) is 1.14. The summed E-state index contributed by atoms with van der Waals surface area (Å²) in [7, 11) is 0. The number of carbonyl (C=O) groups is 1. The van der Waals surface area contributed by atoms with Gasteiger partial charge in [0.15, 0.2) is 0 Å². The third-order valence-electron chi connectivity index (χ3n) is 3.55. The summed E-state index contributed by atoms with van der Waals surface area (Å²) in [4.78, 5) is 11.4. The summed E-state index contributed by atoms with van der Waals surface area (Å²) < 4.78 is 0. The van der Waals surface area contributed by atoms with Crippen LogP contribution in [0.25, 0.3) is 0 Å². The van der Waals surface area contributed by atoms with Crippen molar-refractivity contribution in [2.75, 3.05) is 6.54 Å². The summed E-state index contributed by atoms with van der Waals surface area (Å²) in [5, 5.41) is 15.7. The van der Waals surface area contributed by atoms with Crippen molar-refractivity contribution in [1.29, 1.82) is 0 Å². The Morgan fingerprint density at radius 3 is 2.47 bits per heavy atom. The number of aliphatic hydroxyl groups is 1. The zero-order valence-corrected chi connectivity index (χ0v) is 9.09. The van der Waals surface area contributed by atoms with Crippen LogP contribution in [0, 0.1) is 0 Å². The molecule has 0 aromatic heterocycles. The topological polar surface area (TPSA) is 61.4 Å². The van der Waals surface area contributed by atoms with E-state index in [1.165, 1.54) is 6.42 Å². The Hall–Kier alpha value is -0.770. The van der Waals surface area contributed by atoms with E-state index in [4.69, 9.17) is 0 Å². The fraction of sp³-hybridized carbons (Fsp3) is 0.909. The van der Waals surface area contributed by atoms with Gasteiger partial charge in [-0.25, -0.2) is 4.79 Å². The standard InChI is InChI=1S/C11H20N2O2/c14-10(13-9-4-3-5-9)12-8-11(15)6-1-2-7-11/h9,15H,1-8H2,(H2,12,13,14). The van der Waals surface area contributed by atoms with Crippen LogP contribution in [0.5, 0.6) is 0 Å². The highest BCUT2D eigenvalue weighted by molar-refractivity contribution is 5.74. The first-order valence-electron chi connectivity index (χ1n) is 5.95. The lowest BCUT2D eigenvalue weighted by Gasteiger charge is -2.28. The molecule has 86 valence electrons. The molecule has 2 saturated carbocycles. The lowest BCUT2D eigenvalue weighted by Crippen LogP contribution is -2.49. The molecule has 0 spiro atoms. The second-order valence-electron chi connectivity index (χ2n) is 4.89. The second kappa shape index (κ2) is 4.39. The molecule has 0 heterocycles. The number of hydrogen-bond donors (Lipinski definition) is 3. The molecule has 0 unspecified atom stereocenters. The highest BCUT2D eigenvalue weighted by Crippen LogP contribution is 2.28. The first kappa shape index (κ1) is 10.7. The maximum absolute atomic E-state index is 11.4. The molecule has 2 aliphatic carbocycles. The minimum atomic E-state index is -0.642. The molecule has 4 nitrogen and oxygen atoms in total. The van der Waals surface area contributed by atoms with Crippen molar-refractivity contribution >= 4 is 6.03 Å². The van der Waals surface area contributed by atoms with Gasteiger partial charge in [0, 0.05) is 12.6 Å². The molecule has 3 N–H and O–H groups in total. The number of urea groups is 1. The quantitative estimate of drug-likeness (QED) is 0.657. The minimum Gasteiger partial charge on any atom is -0.388 e. The van der Waals surface area contributed by atoms with E-state index in [1.807, 2.05) is 0 Å². The van der Waals surface area contributed by atoms with Crippen LogP contribution in [0.4, 0.5) is 4.79 Å². The normalized spacial score (nSPS) is 24.6. The lowest BCUT2D eigenvalue weighted by atomic mass is 9.93. The Balaban J connectivity index is 1.65. The summed E-state index contributed by atoms with van der Waals surface area (Å²) in [5.74, 6) is 0. The van der Waals surface area contributed by atoms with Crippen molar-refractivity contribution in [3.05, 3.63) is 0 Å². The SMILES string of the molecule is O=C(NCC1(O)CCCC1)NC1CCC1. The van der Waals surface area contributed by atoms with Crippen molar-refractivity contribution in [2.24, 2.45) is 0 Å². The highest BCUT2D eigenvalue weighted by atomic mass is 16.3. The van der Waals surface area contributed by atoms with Crippen LogP contribution in [0.3, 0.4) is 0 Å². The summed E-state index contributed by atoms with van der Waals surface area (Å²) in [6.07, 6.45) is 7.18. The van der Waals surface area contributed by atoms with E-state index < -0.39 is 5.60 Å². The van der Waals surface area contributed by atoms with Crippen LogP contribution < -0.4 is 10.6 Å². The van der Waals surface area contributed by atoms with E-state index in [2.05, 4.69) is 10.6 Å². The first-order chi connectivity index (χ1) is 7.18. The molecule has 0 radical (unpaired) electrons. The molecule has 0 aromatic rings. The fourth-order valence-corrected chi connectivity index (χ4v) is 2.24. The van der Waals surface area contributed by atoms with Gasteiger partial charge in [-0.3, -0.25) is 0 Å². The molecular formula is C11H20N2O2. The van der Waals surface area contributed by atoms with Gasteiger partial charge >= 0.3 is 6.03 Å². The van der Waals surface area contributed by atoms with Crippen LogP contribution in [0.2, 0.25) is 0 Å². The van der Waals surface area contributed by atoms with E-state index in [0.717, 1.165) is 38.5 Å². The van der Waals surface area contributed by atoms with Crippen LogP contribution in [-0.4, -0.2) is 29.3 Å². The Kier molecular flexibility index (Phi) is 3.14. The molecule has 4 heteroatoms. The number of amides is 2. The van der Waals surface area contributed by atoms with E-state index in [-0.39, 0.29) is 6.03 Å². The molecule has 0 aromatic carbocycles. The van der Waals surface area contributed by atoms with Crippen LogP contribution in [0.1, 0.15) is 44.9 Å². The summed E-state index contributed by atoms with van der Waals surface area (Å²) >= 11 is 0. The summed E-state index contributed by atoms with van der Waals surface area (Å²) in [6.45, 7) is 0.394. The van der Waals surface area contributed by atoms with Crippen molar-refractivity contribution in [3.8, 4) is 0 Å². The van der Waals surface area contributed by atoms with Crippen molar-refractivity contribution in [3.63, 3.8) is 0 Å². The zero-order chi connectivity index (χ0) is 10.7. The van der Waals surface area contributed by atoms with Gasteiger partial charge in [0.05, 0.1) is 5.60 Å². The maximum atomic E-state index is 11.4. The predicted molar refractivity (Wildman–Crippen MR) is 57.6 cm³/mol. The number of hydrogen-bond acceptors (Lipinski definition) is 2. The Labute approximate surface area is 90.4 Å². The molecule has 2 rings (SSSR count). The number of carbonyl (C=O) groups excluding carboxylic acids is 1. The average molecular weight is 212 g/mol. The lowest BCUT2D eigenvalue weighted by molar-refractivity contribution is 0.0499. The van der Waals surface area contributed by atoms with Gasteiger partial charge in [-0.05, 0) is 32.1 Å². The maximum Gasteiger partial charge on any atom is 0.315 e. The third-order valence-corrected chi connectivity index (χ3v) is 3.55.